The van der Waals surface area contributed by atoms with Crippen LogP contribution in [-0.2, 0) is 0 Å². The third kappa shape index (κ3) is 3.41. The molecule has 0 saturated heterocycles. The molecular weight excluding hydrogens is 258 g/mol. The zero-order valence-corrected chi connectivity index (χ0v) is 12.6. The topological polar surface area (TPSA) is 46.5 Å². The fourth-order valence-electron chi connectivity index (χ4n) is 2.00. The summed E-state index contributed by atoms with van der Waals surface area (Å²) in [4.78, 5) is 8.85. The number of amidine groups is 1. The van der Waals surface area contributed by atoms with Crippen LogP contribution in [0.2, 0.25) is 0 Å². The van der Waals surface area contributed by atoms with Gasteiger partial charge in [0, 0.05) is 18.4 Å². The molecule has 0 unspecified atom stereocenters. The number of hydrogen-bond donors (Lipinski definition) is 1. The Labute approximate surface area is 119 Å². The van der Waals surface area contributed by atoms with Crippen molar-refractivity contribution in [2.24, 2.45) is 10.4 Å². The van der Waals surface area contributed by atoms with Crippen molar-refractivity contribution in [3.05, 3.63) is 18.3 Å². The Morgan fingerprint density at radius 1 is 1.37 bits per heavy atom. The van der Waals surface area contributed by atoms with Crippen molar-refractivity contribution >= 4 is 22.6 Å². The van der Waals surface area contributed by atoms with Gasteiger partial charge in [-0.1, -0.05) is 25.6 Å². The quantitative estimate of drug-likeness (QED) is 0.917. The number of aliphatic imine (C=N–C) groups is 1. The summed E-state index contributed by atoms with van der Waals surface area (Å²) < 4.78 is 5.04. The van der Waals surface area contributed by atoms with E-state index in [2.05, 4.69) is 29.1 Å². The maximum absolute atomic E-state index is 5.04. The van der Waals surface area contributed by atoms with E-state index >= 15 is 0 Å². The van der Waals surface area contributed by atoms with Crippen LogP contribution in [0, 0.1) is 5.41 Å². The summed E-state index contributed by atoms with van der Waals surface area (Å²) in [5, 5.41) is 4.30. The van der Waals surface area contributed by atoms with E-state index in [-0.39, 0.29) is 0 Å². The average molecular weight is 279 g/mol. The summed E-state index contributed by atoms with van der Waals surface area (Å²) in [6.45, 7) is 5.43. The molecule has 0 saturated carbocycles. The zero-order chi connectivity index (χ0) is 13.7. The number of nitrogens with one attached hydrogen (secondary N) is 1. The second-order valence-electron chi connectivity index (χ2n) is 4.83. The average Bonchev–Trinajstić information content (AvgIpc) is 2.49. The first-order valence-electron chi connectivity index (χ1n) is 6.65. The lowest BCUT2D eigenvalue weighted by Crippen LogP contribution is -2.32. The lowest BCUT2D eigenvalue weighted by atomic mass is 9.84. The molecule has 4 nitrogen and oxygen atoms in total. The van der Waals surface area contributed by atoms with Crippen molar-refractivity contribution in [3.63, 3.8) is 0 Å². The SMILES string of the molecule is CCC1(CC)CN=C(Nc2ccc(OC)nc2)SC1. The van der Waals surface area contributed by atoms with Crippen molar-refractivity contribution in [1.82, 2.24) is 4.98 Å². The van der Waals surface area contributed by atoms with Crippen molar-refractivity contribution in [2.75, 3.05) is 24.7 Å². The summed E-state index contributed by atoms with van der Waals surface area (Å²) in [5.74, 6) is 1.76. The predicted octanol–water partition coefficient (Wildman–Crippen LogP) is 3.41. The summed E-state index contributed by atoms with van der Waals surface area (Å²) in [7, 11) is 1.62. The second kappa shape index (κ2) is 6.28. The molecule has 1 aliphatic heterocycles. The lowest BCUT2D eigenvalue weighted by molar-refractivity contribution is 0.318. The minimum absolute atomic E-state index is 0.383. The Kier molecular flexibility index (Phi) is 4.69. The first-order chi connectivity index (χ1) is 9.21. The normalized spacial score (nSPS) is 17.7. The highest BCUT2D eigenvalue weighted by molar-refractivity contribution is 8.14. The predicted molar refractivity (Wildman–Crippen MR) is 82.2 cm³/mol. The van der Waals surface area contributed by atoms with Gasteiger partial charge >= 0.3 is 0 Å². The smallest absolute Gasteiger partial charge is 0.213 e. The molecule has 0 spiro atoms. The van der Waals surface area contributed by atoms with E-state index in [0.29, 0.717) is 11.3 Å². The number of anilines is 1. The van der Waals surface area contributed by atoms with Gasteiger partial charge in [-0.2, -0.15) is 0 Å². The van der Waals surface area contributed by atoms with E-state index < -0.39 is 0 Å². The number of ether oxygens (including phenoxy) is 1. The minimum Gasteiger partial charge on any atom is -0.481 e. The molecule has 0 amide bonds. The number of nitrogens with zero attached hydrogens (tertiary/aromatic N) is 2. The number of methoxy groups -OCH3 is 1. The lowest BCUT2D eigenvalue weighted by Gasteiger charge is -2.33. The van der Waals surface area contributed by atoms with Gasteiger partial charge in [-0.15, -0.1) is 0 Å². The third-order valence-electron chi connectivity index (χ3n) is 3.77. The molecule has 1 N–H and O–H groups in total. The fraction of sp³-hybridized carbons (Fsp3) is 0.571. The summed E-state index contributed by atoms with van der Waals surface area (Å²) in [5.41, 5.74) is 1.33. The molecule has 104 valence electrons. The van der Waals surface area contributed by atoms with Crippen LogP contribution in [0.25, 0.3) is 0 Å². The van der Waals surface area contributed by atoms with E-state index in [4.69, 9.17) is 4.74 Å². The van der Waals surface area contributed by atoms with E-state index in [0.717, 1.165) is 23.2 Å². The van der Waals surface area contributed by atoms with Crippen LogP contribution < -0.4 is 10.1 Å². The maximum atomic E-state index is 5.04. The zero-order valence-electron chi connectivity index (χ0n) is 11.8. The fourth-order valence-corrected chi connectivity index (χ4v) is 3.29. The Morgan fingerprint density at radius 3 is 2.63 bits per heavy atom. The minimum atomic E-state index is 0.383. The molecule has 0 bridgehead atoms. The van der Waals surface area contributed by atoms with Gasteiger partial charge in [-0.05, 0) is 24.3 Å². The van der Waals surface area contributed by atoms with Crippen molar-refractivity contribution < 1.29 is 4.74 Å². The standard InChI is InChI=1S/C14H21N3OS/c1-4-14(5-2)9-16-13(19-10-14)17-11-6-7-12(18-3)15-8-11/h6-8H,4-5,9-10H2,1-3H3,(H,16,17). The van der Waals surface area contributed by atoms with Crippen molar-refractivity contribution in [1.29, 1.82) is 0 Å². The van der Waals surface area contributed by atoms with Gasteiger partial charge in [-0.3, -0.25) is 4.99 Å². The first-order valence-corrected chi connectivity index (χ1v) is 7.64. The molecule has 1 aromatic rings. The summed E-state index contributed by atoms with van der Waals surface area (Å²) in [6.07, 6.45) is 4.15. The van der Waals surface area contributed by atoms with Crippen molar-refractivity contribution in [2.45, 2.75) is 26.7 Å². The van der Waals surface area contributed by atoms with Gasteiger partial charge < -0.3 is 10.1 Å². The molecule has 0 radical (unpaired) electrons. The molecule has 19 heavy (non-hydrogen) atoms. The van der Waals surface area contributed by atoms with Crippen LogP contribution in [0.1, 0.15) is 26.7 Å². The number of thioether (sulfide) groups is 1. The van der Waals surface area contributed by atoms with Crippen LogP contribution >= 0.6 is 11.8 Å². The molecule has 5 heteroatoms. The third-order valence-corrected chi connectivity index (χ3v) is 5.03. The molecule has 2 rings (SSSR count). The van der Waals surface area contributed by atoms with Gasteiger partial charge in [0.05, 0.1) is 19.0 Å². The Bertz CT molecular complexity index is 441. The highest BCUT2D eigenvalue weighted by Crippen LogP contribution is 2.35. The van der Waals surface area contributed by atoms with Gasteiger partial charge in [-0.25, -0.2) is 4.98 Å². The number of hydrogen-bond acceptors (Lipinski definition) is 5. The molecule has 0 fully saturated rings. The van der Waals surface area contributed by atoms with Crippen molar-refractivity contribution in [3.8, 4) is 5.88 Å². The molecule has 0 aliphatic carbocycles. The highest BCUT2D eigenvalue weighted by Gasteiger charge is 2.30. The van der Waals surface area contributed by atoms with E-state index in [9.17, 15) is 0 Å². The number of rotatable bonds is 4. The van der Waals surface area contributed by atoms with E-state index in [1.165, 1.54) is 12.8 Å². The molecule has 1 aromatic heterocycles. The summed E-state index contributed by atoms with van der Waals surface area (Å²) >= 11 is 1.80. The van der Waals surface area contributed by atoms with Crippen LogP contribution in [0.3, 0.4) is 0 Å². The van der Waals surface area contributed by atoms with Crippen LogP contribution in [0.15, 0.2) is 23.3 Å². The highest BCUT2D eigenvalue weighted by atomic mass is 32.2. The molecule has 0 aromatic carbocycles. The second-order valence-corrected chi connectivity index (χ2v) is 5.80. The monoisotopic (exact) mass is 279 g/mol. The van der Waals surface area contributed by atoms with Gasteiger partial charge in [0.15, 0.2) is 5.17 Å². The number of pyridine rings is 1. The Hall–Kier alpha value is -1.23. The van der Waals surface area contributed by atoms with Crippen LogP contribution in [0.4, 0.5) is 5.69 Å². The maximum Gasteiger partial charge on any atom is 0.213 e. The van der Waals surface area contributed by atoms with Gasteiger partial charge in [0.2, 0.25) is 5.88 Å². The molecule has 2 heterocycles. The molecule has 1 aliphatic rings. The van der Waals surface area contributed by atoms with Gasteiger partial charge in [0.25, 0.3) is 0 Å². The van der Waals surface area contributed by atoms with Crippen LogP contribution in [-0.4, -0.2) is 29.6 Å². The van der Waals surface area contributed by atoms with Crippen LogP contribution in [0.5, 0.6) is 5.88 Å². The molecule has 0 atom stereocenters. The van der Waals surface area contributed by atoms with E-state index in [1.54, 1.807) is 25.1 Å². The number of aromatic nitrogens is 1. The van der Waals surface area contributed by atoms with Gasteiger partial charge in [0.1, 0.15) is 0 Å². The Balaban J connectivity index is 1.98. The summed E-state index contributed by atoms with van der Waals surface area (Å²) in [6, 6.07) is 3.80. The Morgan fingerprint density at radius 2 is 2.16 bits per heavy atom. The first kappa shape index (κ1) is 14.2. The largest absolute Gasteiger partial charge is 0.481 e. The molecular formula is C14H21N3OS. The van der Waals surface area contributed by atoms with E-state index in [1.807, 2.05) is 12.1 Å².